The molecule has 2 heterocycles. The van der Waals surface area contributed by atoms with Crippen LogP contribution in [0.15, 0.2) is 48.5 Å². The van der Waals surface area contributed by atoms with Crippen molar-refractivity contribution in [3.8, 4) is 11.5 Å². The Balaban J connectivity index is 1.23. The van der Waals surface area contributed by atoms with Gasteiger partial charge < -0.3 is 24.2 Å². The third-order valence-electron chi connectivity index (χ3n) is 6.10. The number of carbonyl (C=O) groups is 2. The van der Waals surface area contributed by atoms with Crippen LogP contribution in [0.25, 0.3) is 0 Å². The first kappa shape index (κ1) is 25.9. The zero-order valence-corrected chi connectivity index (χ0v) is 20.4. The molecule has 1 N–H and O–H groups in total. The zero-order chi connectivity index (χ0) is 25.5. The molecule has 194 valence electrons. The van der Waals surface area contributed by atoms with Gasteiger partial charge in [0.2, 0.25) is 5.91 Å². The van der Waals surface area contributed by atoms with E-state index >= 15 is 0 Å². The average molecular weight is 502 g/mol. The molecular formula is C26H32FN3O6. The lowest BCUT2D eigenvalue weighted by molar-refractivity contribution is -0.125. The molecule has 2 aliphatic heterocycles. The summed E-state index contributed by atoms with van der Waals surface area (Å²) in [6, 6.07) is 13.2. The summed E-state index contributed by atoms with van der Waals surface area (Å²) in [6.07, 6.45) is 0.553. The highest BCUT2D eigenvalue weighted by Crippen LogP contribution is 2.20. The van der Waals surface area contributed by atoms with Crippen molar-refractivity contribution in [1.82, 2.24) is 14.7 Å². The number of likely N-dealkylation sites (N-methyl/N-ethyl adjacent to an activating group) is 1. The Morgan fingerprint density at radius 1 is 1.11 bits per heavy atom. The number of benzene rings is 2. The number of aliphatic hydroxyl groups is 1. The largest absolute Gasteiger partial charge is 0.494 e. The Hall–Kier alpha value is -3.21. The van der Waals surface area contributed by atoms with Gasteiger partial charge in [-0.25, -0.2) is 9.18 Å². The first-order valence-corrected chi connectivity index (χ1v) is 12.0. The lowest BCUT2D eigenvalue weighted by Crippen LogP contribution is -2.48. The number of ether oxygens (including phenoxy) is 3. The predicted molar refractivity (Wildman–Crippen MR) is 129 cm³/mol. The van der Waals surface area contributed by atoms with Crippen molar-refractivity contribution < 1.29 is 33.3 Å². The van der Waals surface area contributed by atoms with Crippen LogP contribution in [-0.2, 0) is 16.1 Å². The molecule has 4 rings (SSSR count). The van der Waals surface area contributed by atoms with Crippen LogP contribution in [-0.4, -0.2) is 97.0 Å². The van der Waals surface area contributed by atoms with Crippen molar-refractivity contribution in [2.24, 2.45) is 0 Å². The van der Waals surface area contributed by atoms with Gasteiger partial charge in [-0.05, 0) is 36.2 Å². The Morgan fingerprint density at radius 2 is 1.92 bits per heavy atom. The number of halogens is 1. The van der Waals surface area contributed by atoms with Crippen molar-refractivity contribution >= 4 is 11.9 Å². The average Bonchev–Trinajstić information content (AvgIpc) is 2.98. The molecule has 0 aliphatic carbocycles. The van der Waals surface area contributed by atoms with Gasteiger partial charge in [0.15, 0.2) is 0 Å². The third-order valence-corrected chi connectivity index (χ3v) is 6.10. The molecule has 2 fully saturated rings. The normalized spacial score (nSPS) is 21.1. The van der Waals surface area contributed by atoms with Crippen LogP contribution in [0, 0.1) is 5.82 Å². The van der Waals surface area contributed by atoms with E-state index in [1.807, 2.05) is 24.3 Å². The van der Waals surface area contributed by atoms with E-state index < -0.39 is 11.4 Å². The fourth-order valence-corrected chi connectivity index (χ4v) is 4.24. The van der Waals surface area contributed by atoms with E-state index in [9.17, 15) is 19.1 Å². The molecule has 0 spiro atoms. The molecule has 2 aliphatic rings. The summed E-state index contributed by atoms with van der Waals surface area (Å²) in [4.78, 5) is 28.5. The van der Waals surface area contributed by atoms with Gasteiger partial charge in [0.05, 0.1) is 19.8 Å². The smallest absolute Gasteiger partial charge is 0.326 e. The Morgan fingerprint density at radius 3 is 2.64 bits per heavy atom. The molecule has 2 aromatic carbocycles. The van der Waals surface area contributed by atoms with Gasteiger partial charge in [0.25, 0.3) is 0 Å². The number of amides is 3. The van der Waals surface area contributed by atoms with E-state index in [0.717, 1.165) is 5.56 Å². The quantitative estimate of drug-likeness (QED) is 0.394. The summed E-state index contributed by atoms with van der Waals surface area (Å²) >= 11 is 0. The SMILES string of the molecule is CN1CC(=O)N(CCCOc2ccc(CN3CCOC[C@@](O)(COc4cccc(F)c4)C3)cc2)C1=O. The van der Waals surface area contributed by atoms with E-state index in [0.29, 0.717) is 57.3 Å². The summed E-state index contributed by atoms with van der Waals surface area (Å²) < 4.78 is 30.4. The maximum Gasteiger partial charge on any atom is 0.326 e. The molecule has 36 heavy (non-hydrogen) atoms. The zero-order valence-electron chi connectivity index (χ0n) is 20.4. The number of imide groups is 1. The van der Waals surface area contributed by atoms with Gasteiger partial charge in [0.1, 0.15) is 36.1 Å². The molecule has 0 unspecified atom stereocenters. The Bertz CT molecular complexity index is 1050. The lowest BCUT2D eigenvalue weighted by Gasteiger charge is -2.30. The number of hydrogen-bond donors (Lipinski definition) is 1. The summed E-state index contributed by atoms with van der Waals surface area (Å²) in [7, 11) is 1.61. The van der Waals surface area contributed by atoms with Crippen molar-refractivity contribution in [1.29, 1.82) is 0 Å². The Labute approximate surface area is 209 Å². The van der Waals surface area contributed by atoms with Gasteiger partial charge in [-0.15, -0.1) is 0 Å². The summed E-state index contributed by atoms with van der Waals surface area (Å²) in [6.45, 7) is 3.08. The summed E-state index contributed by atoms with van der Waals surface area (Å²) in [5.74, 6) is 0.489. The van der Waals surface area contributed by atoms with E-state index in [2.05, 4.69) is 4.90 Å². The van der Waals surface area contributed by atoms with Gasteiger partial charge in [-0.3, -0.25) is 14.6 Å². The fourth-order valence-electron chi connectivity index (χ4n) is 4.24. The highest BCUT2D eigenvalue weighted by Gasteiger charge is 2.34. The van der Waals surface area contributed by atoms with E-state index in [1.54, 1.807) is 19.2 Å². The second-order valence-electron chi connectivity index (χ2n) is 9.26. The minimum atomic E-state index is -1.22. The van der Waals surface area contributed by atoms with Crippen LogP contribution < -0.4 is 9.47 Å². The maximum atomic E-state index is 13.4. The van der Waals surface area contributed by atoms with Crippen LogP contribution in [0.4, 0.5) is 9.18 Å². The first-order chi connectivity index (χ1) is 17.3. The van der Waals surface area contributed by atoms with Crippen molar-refractivity contribution in [2.45, 2.75) is 18.6 Å². The number of hydrogen-bond acceptors (Lipinski definition) is 7. The maximum absolute atomic E-state index is 13.4. The molecule has 2 aromatic rings. The van der Waals surface area contributed by atoms with Crippen LogP contribution in [0.2, 0.25) is 0 Å². The second kappa shape index (κ2) is 11.7. The van der Waals surface area contributed by atoms with Crippen molar-refractivity contribution in [3.05, 3.63) is 59.9 Å². The molecule has 9 nitrogen and oxygen atoms in total. The number of nitrogens with zero attached hydrogens (tertiary/aromatic N) is 3. The Kier molecular flexibility index (Phi) is 8.40. The molecular weight excluding hydrogens is 469 g/mol. The monoisotopic (exact) mass is 501 g/mol. The number of urea groups is 1. The van der Waals surface area contributed by atoms with Crippen LogP contribution >= 0.6 is 0 Å². The topological polar surface area (TPSA) is 91.8 Å². The van der Waals surface area contributed by atoms with E-state index in [1.165, 1.54) is 21.9 Å². The first-order valence-electron chi connectivity index (χ1n) is 12.0. The molecule has 3 amide bonds. The van der Waals surface area contributed by atoms with Gasteiger partial charge in [-0.2, -0.15) is 0 Å². The standard InChI is InChI=1S/C26H32FN3O6/c1-28-16-24(31)30(25(28)32)10-3-12-35-22-8-6-20(7-9-22)15-29-11-13-34-18-26(33,17-29)19-36-23-5-2-4-21(27)14-23/h2,4-9,14,33H,3,10-13,15-19H2,1H3/t26-/m1/s1. The molecule has 2 saturated heterocycles. The predicted octanol–water partition coefficient (Wildman–Crippen LogP) is 2.13. The minimum absolute atomic E-state index is 0.00928. The molecule has 0 aromatic heterocycles. The van der Waals surface area contributed by atoms with Crippen LogP contribution in [0.1, 0.15) is 12.0 Å². The van der Waals surface area contributed by atoms with Gasteiger partial charge >= 0.3 is 6.03 Å². The van der Waals surface area contributed by atoms with E-state index in [4.69, 9.17) is 14.2 Å². The summed E-state index contributed by atoms with van der Waals surface area (Å²) in [5, 5.41) is 11.1. The molecule has 0 radical (unpaired) electrons. The molecule has 1 atom stereocenters. The highest BCUT2D eigenvalue weighted by atomic mass is 19.1. The van der Waals surface area contributed by atoms with Crippen molar-refractivity contribution in [3.63, 3.8) is 0 Å². The molecule has 10 heteroatoms. The number of rotatable bonds is 10. The minimum Gasteiger partial charge on any atom is -0.494 e. The van der Waals surface area contributed by atoms with Crippen molar-refractivity contribution in [2.75, 3.05) is 59.7 Å². The third kappa shape index (κ3) is 6.93. The van der Waals surface area contributed by atoms with Gasteiger partial charge in [0, 0.05) is 39.3 Å². The number of β-amino-alcohol motifs (C(OH)–C–C–N with tert-alkyl or cyclic N) is 1. The second-order valence-corrected chi connectivity index (χ2v) is 9.26. The molecule has 0 bridgehead atoms. The van der Waals surface area contributed by atoms with E-state index in [-0.39, 0.29) is 31.7 Å². The van der Waals surface area contributed by atoms with Gasteiger partial charge in [-0.1, -0.05) is 18.2 Å². The lowest BCUT2D eigenvalue weighted by atomic mass is 10.1. The number of carbonyl (C=O) groups excluding carboxylic acids is 2. The summed E-state index contributed by atoms with van der Waals surface area (Å²) in [5.41, 5.74) is -0.173. The van der Waals surface area contributed by atoms with Crippen LogP contribution in [0.3, 0.4) is 0 Å². The van der Waals surface area contributed by atoms with Crippen LogP contribution in [0.5, 0.6) is 11.5 Å². The highest BCUT2D eigenvalue weighted by molar-refractivity contribution is 6.01. The fraction of sp³-hybridized carbons (Fsp3) is 0.462. The molecule has 0 saturated carbocycles.